The third-order valence-electron chi connectivity index (χ3n) is 5.31. The molecule has 1 fully saturated rings. The summed E-state index contributed by atoms with van der Waals surface area (Å²) in [5.74, 6) is -0.581. The van der Waals surface area contributed by atoms with Crippen LogP contribution in [0.4, 0.5) is 5.13 Å². The Morgan fingerprint density at radius 1 is 1.20 bits per heavy atom. The molecule has 2 aromatic carbocycles. The van der Waals surface area contributed by atoms with Crippen molar-refractivity contribution in [2.45, 2.75) is 32.3 Å². The molecule has 0 radical (unpaired) electrons. The fourth-order valence-electron chi connectivity index (χ4n) is 3.66. The van der Waals surface area contributed by atoms with Crippen LogP contribution in [0.1, 0.15) is 46.0 Å². The summed E-state index contributed by atoms with van der Waals surface area (Å²) in [7, 11) is 1.34. The van der Waals surface area contributed by atoms with E-state index in [1.807, 2.05) is 12.1 Å². The van der Waals surface area contributed by atoms with Gasteiger partial charge in [-0.15, -0.1) is 0 Å². The monoisotopic (exact) mass is 424 g/mol. The van der Waals surface area contributed by atoms with Gasteiger partial charge in [0.1, 0.15) is 0 Å². The third-order valence-corrected chi connectivity index (χ3v) is 6.35. The maximum Gasteiger partial charge on any atom is 0.337 e. The molecule has 0 N–H and O–H groups in total. The van der Waals surface area contributed by atoms with Crippen molar-refractivity contribution >= 4 is 38.6 Å². The van der Waals surface area contributed by atoms with Crippen molar-refractivity contribution in [2.24, 2.45) is 0 Å². The predicted molar refractivity (Wildman–Crippen MR) is 117 cm³/mol. The van der Waals surface area contributed by atoms with Crippen LogP contribution in [0.3, 0.4) is 0 Å². The highest BCUT2D eigenvalue weighted by Gasteiger charge is 2.27. The van der Waals surface area contributed by atoms with Crippen LogP contribution >= 0.6 is 11.3 Å². The normalized spacial score (nSPS) is 16.0. The highest BCUT2D eigenvalue weighted by molar-refractivity contribution is 7.22. The Morgan fingerprint density at radius 2 is 1.97 bits per heavy atom. The number of ether oxygens (including phenoxy) is 2. The molecular formula is C23H24N2O4S. The number of hydrogen-bond acceptors (Lipinski definition) is 6. The summed E-state index contributed by atoms with van der Waals surface area (Å²) in [4.78, 5) is 31.7. The van der Waals surface area contributed by atoms with Gasteiger partial charge in [0.05, 0.1) is 35.5 Å². The zero-order chi connectivity index (χ0) is 21.1. The second-order valence-electron chi connectivity index (χ2n) is 7.23. The van der Waals surface area contributed by atoms with Gasteiger partial charge in [0.25, 0.3) is 5.91 Å². The summed E-state index contributed by atoms with van der Waals surface area (Å²) >= 11 is 1.52. The van der Waals surface area contributed by atoms with Crippen molar-refractivity contribution in [3.05, 3.63) is 59.2 Å². The molecule has 4 rings (SSSR count). The molecule has 156 valence electrons. The first-order valence-electron chi connectivity index (χ1n) is 10.1. The highest BCUT2D eigenvalue weighted by atomic mass is 32.1. The second-order valence-corrected chi connectivity index (χ2v) is 8.24. The molecule has 1 unspecified atom stereocenters. The van der Waals surface area contributed by atoms with Gasteiger partial charge in [-0.25, -0.2) is 9.78 Å². The number of carbonyl (C=O) groups is 2. The Bertz CT molecular complexity index is 1050. The Labute approximate surface area is 179 Å². The molecular weight excluding hydrogens is 400 g/mol. The molecule has 3 aromatic rings. The topological polar surface area (TPSA) is 68.7 Å². The van der Waals surface area contributed by atoms with Crippen molar-refractivity contribution in [1.29, 1.82) is 0 Å². The number of carbonyl (C=O) groups excluding carboxylic acids is 2. The molecule has 7 heteroatoms. The van der Waals surface area contributed by atoms with Crippen molar-refractivity contribution < 1.29 is 19.1 Å². The third kappa shape index (κ3) is 4.08. The van der Waals surface area contributed by atoms with Gasteiger partial charge in [-0.05, 0) is 55.2 Å². The Morgan fingerprint density at radius 3 is 2.63 bits per heavy atom. The molecule has 1 aliphatic heterocycles. The summed E-state index contributed by atoms with van der Waals surface area (Å²) in [5.41, 5.74) is 3.02. The number of amides is 1. The predicted octanol–water partition coefficient (Wildman–Crippen LogP) is 4.47. The van der Waals surface area contributed by atoms with E-state index in [9.17, 15) is 9.59 Å². The number of anilines is 1. The lowest BCUT2D eigenvalue weighted by molar-refractivity contribution is 0.0600. The van der Waals surface area contributed by atoms with Gasteiger partial charge in [0.2, 0.25) is 0 Å². The summed E-state index contributed by atoms with van der Waals surface area (Å²) in [6, 6.07) is 12.7. The van der Waals surface area contributed by atoms with Gasteiger partial charge in [-0.1, -0.05) is 30.4 Å². The number of aryl methyl sites for hydroxylation is 1. The van der Waals surface area contributed by atoms with Crippen molar-refractivity contribution in [1.82, 2.24) is 4.98 Å². The van der Waals surface area contributed by atoms with E-state index in [0.29, 0.717) is 22.8 Å². The average molecular weight is 425 g/mol. The van der Waals surface area contributed by atoms with Crippen LogP contribution in [0.5, 0.6) is 0 Å². The van der Waals surface area contributed by atoms with E-state index in [4.69, 9.17) is 14.5 Å². The Hall–Kier alpha value is -2.77. The van der Waals surface area contributed by atoms with E-state index in [1.165, 1.54) is 24.0 Å². The molecule has 0 spiro atoms. The maximum absolute atomic E-state index is 13.4. The number of rotatable bonds is 6. The van der Waals surface area contributed by atoms with Crippen molar-refractivity contribution in [2.75, 3.05) is 25.2 Å². The summed E-state index contributed by atoms with van der Waals surface area (Å²) in [5, 5.41) is 0.670. The fraction of sp³-hybridized carbons (Fsp3) is 0.348. The lowest BCUT2D eigenvalue weighted by atomic mass is 10.1. The molecule has 6 nitrogen and oxygen atoms in total. The summed E-state index contributed by atoms with van der Waals surface area (Å²) < 4.78 is 11.6. The zero-order valence-electron chi connectivity index (χ0n) is 17.1. The smallest absolute Gasteiger partial charge is 0.337 e. The standard InChI is InChI=1S/C23H24N2O4S/c1-3-15-6-4-8-19-20(15)24-23(30-19)25(14-18-7-5-13-29-18)21(26)16-9-11-17(12-10-16)22(27)28-2/h4,6,8-12,18H,3,5,7,13-14H2,1-2H3. The van der Waals surface area contributed by atoms with E-state index >= 15 is 0 Å². The Balaban J connectivity index is 1.69. The van der Waals surface area contributed by atoms with Gasteiger partial charge in [-0.2, -0.15) is 0 Å². The number of aromatic nitrogens is 1. The molecule has 1 aromatic heterocycles. The quantitative estimate of drug-likeness (QED) is 0.546. The first kappa shape index (κ1) is 20.5. The van der Waals surface area contributed by atoms with E-state index in [0.717, 1.165) is 36.1 Å². The van der Waals surface area contributed by atoms with Gasteiger partial charge in [0.15, 0.2) is 5.13 Å². The lowest BCUT2D eigenvalue weighted by Crippen LogP contribution is -2.37. The van der Waals surface area contributed by atoms with Crippen molar-refractivity contribution in [3.8, 4) is 0 Å². The average Bonchev–Trinajstić information content (AvgIpc) is 3.45. The van der Waals surface area contributed by atoms with Crippen LogP contribution in [-0.2, 0) is 15.9 Å². The number of esters is 1. The van der Waals surface area contributed by atoms with Crippen LogP contribution in [0.2, 0.25) is 0 Å². The molecule has 1 aliphatic rings. The van der Waals surface area contributed by atoms with Crippen molar-refractivity contribution in [3.63, 3.8) is 0 Å². The maximum atomic E-state index is 13.4. The number of para-hydroxylation sites is 1. The molecule has 0 aliphatic carbocycles. The Kier molecular flexibility index (Phi) is 6.11. The van der Waals surface area contributed by atoms with Crippen LogP contribution in [0.15, 0.2) is 42.5 Å². The largest absolute Gasteiger partial charge is 0.465 e. The molecule has 2 heterocycles. The molecule has 1 amide bonds. The second kappa shape index (κ2) is 8.93. The van der Waals surface area contributed by atoms with E-state index in [2.05, 4.69) is 13.0 Å². The number of methoxy groups -OCH3 is 1. The van der Waals surface area contributed by atoms with Crippen LogP contribution < -0.4 is 4.90 Å². The van der Waals surface area contributed by atoms with Gasteiger partial charge in [-0.3, -0.25) is 9.69 Å². The number of thiazole rings is 1. The SMILES string of the molecule is CCc1cccc2sc(N(CC3CCCO3)C(=O)c3ccc(C(=O)OC)cc3)nc12. The lowest BCUT2D eigenvalue weighted by Gasteiger charge is -2.23. The number of benzene rings is 2. The fourth-order valence-corrected chi connectivity index (χ4v) is 4.68. The minimum atomic E-state index is -0.427. The van der Waals surface area contributed by atoms with Crippen LogP contribution in [0, 0.1) is 0 Å². The summed E-state index contributed by atoms with van der Waals surface area (Å²) in [6.45, 7) is 3.28. The molecule has 30 heavy (non-hydrogen) atoms. The number of fused-ring (bicyclic) bond motifs is 1. The first-order chi connectivity index (χ1) is 14.6. The molecule has 0 bridgehead atoms. The molecule has 0 saturated carbocycles. The van der Waals surface area contributed by atoms with Crippen LogP contribution in [-0.4, -0.2) is 43.2 Å². The van der Waals surface area contributed by atoms with E-state index in [1.54, 1.807) is 29.2 Å². The minimum absolute atomic E-state index is 0.000880. The molecule has 1 atom stereocenters. The first-order valence-corrected chi connectivity index (χ1v) is 10.9. The van der Waals surface area contributed by atoms with Gasteiger partial charge >= 0.3 is 5.97 Å². The summed E-state index contributed by atoms with van der Waals surface area (Å²) in [6.07, 6.45) is 2.81. The van der Waals surface area contributed by atoms with E-state index in [-0.39, 0.29) is 12.0 Å². The number of hydrogen-bond donors (Lipinski definition) is 0. The minimum Gasteiger partial charge on any atom is -0.465 e. The van der Waals surface area contributed by atoms with Gasteiger partial charge < -0.3 is 9.47 Å². The molecule has 1 saturated heterocycles. The zero-order valence-corrected chi connectivity index (χ0v) is 17.9. The van der Waals surface area contributed by atoms with E-state index < -0.39 is 5.97 Å². The van der Waals surface area contributed by atoms with Crippen LogP contribution in [0.25, 0.3) is 10.2 Å². The number of nitrogens with zero attached hydrogens (tertiary/aromatic N) is 2. The highest BCUT2D eigenvalue weighted by Crippen LogP contribution is 2.32. The van der Waals surface area contributed by atoms with Gasteiger partial charge in [0, 0.05) is 12.2 Å².